The minimum absolute atomic E-state index is 0.145. The van der Waals surface area contributed by atoms with E-state index in [1.807, 2.05) is 20.8 Å². The van der Waals surface area contributed by atoms with Gasteiger partial charge in [-0.3, -0.25) is 4.79 Å². The van der Waals surface area contributed by atoms with Gasteiger partial charge in [0, 0.05) is 6.61 Å². The summed E-state index contributed by atoms with van der Waals surface area (Å²) in [5.74, 6) is -0.145. The van der Waals surface area contributed by atoms with Crippen molar-refractivity contribution < 1.29 is 14.3 Å². The lowest BCUT2D eigenvalue weighted by Gasteiger charge is -2.22. The molecule has 0 heterocycles. The van der Waals surface area contributed by atoms with Crippen molar-refractivity contribution >= 4 is 5.97 Å². The van der Waals surface area contributed by atoms with Gasteiger partial charge in [0.25, 0.3) is 0 Å². The van der Waals surface area contributed by atoms with E-state index >= 15 is 0 Å². The highest BCUT2D eigenvalue weighted by Crippen LogP contribution is 2.18. The molecule has 0 spiro atoms. The summed E-state index contributed by atoms with van der Waals surface area (Å²) >= 11 is 0. The second-order valence-corrected chi connectivity index (χ2v) is 6.13. The number of unbranched alkanes of at least 4 members (excludes halogenated alkanes) is 7. The minimum Gasteiger partial charge on any atom is -0.465 e. The average molecular weight is 286 g/mol. The molecule has 0 aromatic carbocycles. The molecule has 20 heavy (non-hydrogen) atoms. The molecule has 0 atom stereocenters. The third-order valence-electron chi connectivity index (χ3n) is 3.45. The zero-order valence-electron chi connectivity index (χ0n) is 14.0. The predicted octanol–water partition coefficient (Wildman–Crippen LogP) is 4.73. The molecule has 0 saturated carbocycles. The first-order chi connectivity index (χ1) is 9.54. The van der Waals surface area contributed by atoms with E-state index in [4.69, 9.17) is 9.47 Å². The summed E-state index contributed by atoms with van der Waals surface area (Å²) in [5.41, 5.74) is -0.532. The van der Waals surface area contributed by atoms with Gasteiger partial charge in [-0.05, 0) is 27.2 Å². The molecule has 120 valence electrons. The Labute approximate surface area is 125 Å². The molecular formula is C17H34O3. The largest absolute Gasteiger partial charge is 0.465 e. The molecule has 0 bridgehead atoms. The molecule has 0 aliphatic carbocycles. The summed E-state index contributed by atoms with van der Waals surface area (Å²) in [6.07, 6.45) is 10.1. The van der Waals surface area contributed by atoms with Gasteiger partial charge in [-0.15, -0.1) is 0 Å². The van der Waals surface area contributed by atoms with Gasteiger partial charge >= 0.3 is 5.97 Å². The molecular weight excluding hydrogens is 252 g/mol. The highest BCUT2D eigenvalue weighted by atomic mass is 16.5. The van der Waals surface area contributed by atoms with Crippen molar-refractivity contribution in [3.63, 3.8) is 0 Å². The minimum atomic E-state index is -0.532. The van der Waals surface area contributed by atoms with Crippen molar-refractivity contribution in [1.82, 2.24) is 0 Å². The van der Waals surface area contributed by atoms with Crippen molar-refractivity contribution in [2.45, 2.75) is 79.1 Å². The van der Waals surface area contributed by atoms with Crippen LogP contribution in [0, 0.1) is 5.41 Å². The maximum Gasteiger partial charge on any atom is 0.313 e. The lowest BCUT2D eigenvalue weighted by atomic mass is 9.95. The van der Waals surface area contributed by atoms with Crippen LogP contribution in [0.2, 0.25) is 0 Å². The fourth-order valence-electron chi connectivity index (χ4n) is 2.01. The Hall–Kier alpha value is -0.570. The van der Waals surface area contributed by atoms with Crippen LogP contribution in [0.1, 0.15) is 79.1 Å². The van der Waals surface area contributed by atoms with Crippen LogP contribution in [0.15, 0.2) is 0 Å². The molecule has 0 rings (SSSR count). The number of esters is 1. The van der Waals surface area contributed by atoms with Gasteiger partial charge in [-0.1, -0.05) is 51.9 Å². The first kappa shape index (κ1) is 19.4. The van der Waals surface area contributed by atoms with E-state index in [0.717, 1.165) is 12.8 Å². The Balaban J connectivity index is 3.47. The van der Waals surface area contributed by atoms with E-state index in [1.165, 1.54) is 38.5 Å². The smallest absolute Gasteiger partial charge is 0.313 e. The van der Waals surface area contributed by atoms with Crippen molar-refractivity contribution in [1.29, 1.82) is 0 Å². The number of rotatable bonds is 13. The molecule has 0 amide bonds. The molecule has 3 nitrogen and oxygen atoms in total. The standard InChI is InChI=1S/C17H34O3/c1-5-7-8-9-10-11-12-13-14-20-16(18)17(3,4)15-19-6-2/h5-15H2,1-4H3. The van der Waals surface area contributed by atoms with Gasteiger partial charge in [0.2, 0.25) is 0 Å². The molecule has 0 N–H and O–H groups in total. The van der Waals surface area contributed by atoms with Crippen molar-refractivity contribution in [2.24, 2.45) is 5.41 Å². The molecule has 0 aliphatic heterocycles. The van der Waals surface area contributed by atoms with E-state index in [1.54, 1.807) is 0 Å². The quantitative estimate of drug-likeness (QED) is 0.362. The summed E-state index contributed by atoms with van der Waals surface area (Å²) in [6, 6.07) is 0. The van der Waals surface area contributed by atoms with Crippen molar-refractivity contribution in [3.8, 4) is 0 Å². The second-order valence-electron chi connectivity index (χ2n) is 6.13. The van der Waals surface area contributed by atoms with Crippen LogP contribution < -0.4 is 0 Å². The molecule has 0 aromatic heterocycles. The lowest BCUT2D eigenvalue weighted by Crippen LogP contribution is -2.31. The number of ether oxygens (including phenoxy) is 2. The number of hydrogen-bond donors (Lipinski definition) is 0. The monoisotopic (exact) mass is 286 g/mol. The van der Waals surface area contributed by atoms with Gasteiger partial charge in [0.05, 0.1) is 18.6 Å². The van der Waals surface area contributed by atoms with Crippen LogP contribution >= 0.6 is 0 Å². The maximum absolute atomic E-state index is 11.9. The van der Waals surface area contributed by atoms with E-state index in [9.17, 15) is 4.79 Å². The number of carbonyl (C=O) groups is 1. The molecule has 0 aliphatic rings. The van der Waals surface area contributed by atoms with Crippen molar-refractivity contribution in [3.05, 3.63) is 0 Å². The topological polar surface area (TPSA) is 35.5 Å². The van der Waals surface area contributed by atoms with Crippen LogP contribution in [-0.4, -0.2) is 25.8 Å². The van der Waals surface area contributed by atoms with E-state index < -0.39 is 5.41 Å². The van der Waals surface area contributed by atoms with Crippen LogP contribution in [0.4, 0.5) is 0 Å². The lowest BCUT2D eigenvalue weighted by molar-refractivity contribution is -0.157. The first-order valence-corrected chi connectivity index (χ1v) is 8.29. The third-order valence-corrected chi connectivity index (χ3v) is 3.45. The van der Waals surface area contributed by atoms with Gasteiger partial charge < -0.3 is 9.47 Å². The molecule has 0 unspecified atom stereocenters. The van der Waals surface area contributed by atoms with Crippen LogP contribution in [0.25, 0.3) is 0 Å². The van der Waals surface area contributed by atoms with Crippen LogP contribution in [0.3, 0.4) is 0 Å². The van der Waals surface area contributed by atoms with Gasteiger partial charge in [0.1, 0.15) is 0 Å². The number of hydrogen-bond acceptors (Lipinski definition) is 3. The van der Waals surface area contributed by atoms with E-state index in [2.05, 4.69) is 6.92 Å². The third kappa shape index (κ3) is 10.2. The summed E-state index contributed by atoms with van der Waals surface area (Å²) in [6.45, 7) is 9.53. The highest BCUT2D eigenvalue weighted by Gasteiger charge is 2.29. The zero-order chi connectivity index (χ0) is 15.3. The Kier molecular flexibility index (Phi) is 11.8. The molecule has 0 aromatic rings. The summed E-state index contributed by atoms with van der Waals surface area (Å²) in [7, 11) is 0. The average Bonchev–Trinajstić information content (AvgIpc) is 2.43. The Morgan fingerprint density at radius 3 is 2.00 bits per heavy atom. The Bertz CT molecular complexity index is 236. The molecule has 0 saturated heterocycles. The highest BCUT2D eigenvalue weighted by molar-refractivity contribution is 5.76. The Morgan fingerprint density at radius 2 is 1.45 bits per heavy atom. The normalized spacial score (nSPS) is 11.6. The Morgan fingerprint density at radius 1 is 0.900 bits per heavy atom. The fraction of sp³-hybridized carbons (Fsp3) is 0.941. The number of carbonyl (C=O) groups excluding carboxylic acids is 1. The summed E-state index contributed by atoms with van der Waals surface area (Å²) in [4.78, 5) is 11.9. The molecule has 0 radical (unpaired) electrons. The van der Waals surface area contributed by atoms with E-state index in [-0.39, 0.29) is 5.97 Å². The van der Waals surface area contributed by atoms with Crippen molar-refractivity contribution in [2.75, 3.05) is 19.8 Å². The van der Waals surface area contributed by atoms with Crippen LogP contribution in [0.5, 0.6) is 0 Å². The van der Waals surface area contributed by atoms with Gasteiger partial charge in [-0.2, -0.15) is 0 Å². The van der Waals surface area contributed by atoms with E-state index in [0.29, 0.717) is 19.8 Å². The van der Waals surface area contributed by atoms with Crippen LogP contribution in [-0.2, 0) is 14.3 Å². The van der Waals surface area contributed by atoms with Gasteiger partial charge in [0.15, 0.2) is 0 Å². The fourth-order valence-corrected chi connectivity index (χ4v) is 2.01. The molecule has 0 fully saturated rings. The summed E-state index contributed by atoms with van der Waals surface area (Å²) < 4.78 is 10.6. The SMILES string of the molecule is CCCCCCCCCCOC(=O)C(C)(C)COCC. The predicted molar refractivity (Wildman–Crippen MR) is 83.8 cm³/mol. The second kappa shape index (κ2) is 12.2. The first-order valence-electron chi connectivity index (χ1n) is 8.29. The zero-order valence-corrected chi connectivity index (χ0v) is 14.0. The molecule has 3 heteroatoms. The summed E-state index contributed by atoms with van der Waals surface area (Å²) in [5, 5.41) is 0. The van der Waals surface area contributed by atoms with Gasteiger partial charge in [-0.25, -0.2) is 0 Å². The maximum atomic E-state index is 11.9.